The smallest absolute Gasteiger partial charge is 0.264 e. The van der Waals surface area contributed by atoms with Crippen LogP contribution in [0.3, 0.4) is 0 Å². The van der Waals surface area contributed by atoms with Crippen molar-refractivity contribution in [2.75, 3.05) is 40.5 Å². The zero-order valence-corrected chi connectivity index (χ0v) is 23.8. The van der Waals surface area contributed by atoms with Crippen LogP contribution in [0.5, 0.6) is 0 Å². The minimum Gasteiger partial charge on any atom is -0.384 e. The second kappa shape index (κ2) is 11.1. The zero-order chi connectivity index (χ0) is 26.7. The minimum absolute atomic E-state index is 0.0196. The van der Waals surface area contributed by atoms with Crippen molar-refractivity contribution in [1.29, 1.82) is 4.78 Å². The van der Waals surface area contributed by atoms with Crippen LogP contribution in [0.25, 0.3) is 0 Å². The lowest BCUT2D eigenvalue weighted by molar-refractivity contribution is 0.484. The van der Waals surface area contributed by atoms with Crippen LogP contribution in [0, 0.1) is 16.6 Å². The van der Waals surface area contributed by atoms with Crippen LogP contribution in [0.2, 0.25) is 0 Å². The molecule has 1 unspecified atom stereocenters. The van der Waals surface area contributed by atoms with Crippen LogP contribution in [-0.2, 0) is 36.0 Å². The Kier molecular flexibility index (Phi) is 8.78. The number of nitrogens with one attached hydrogen (secondary N) is 2. The maximum Gasteiger partial charge on any atom is 0.264 e. The summed E-state index contributed by atoms with van der Waals surface area (Å²) in [6, 6.07) is 11.8. The van der Waals surface area contributed by atoms with Gasteiger partial charge in [0.2, 0.25) is 0 Å². The normalized spacial score (nSPS) is 18.0. The first kappa shape index (κ1) is 28.5. The molecule has 1 aliphatic heterocycles. The fraction of sp³-hybridized carbons (Fsp3) is 0.520. The molecule has 3 rings (SSSR count). The molecule has 0 saturated carbocycles. The van der Waals surface area contributed by atoms with E-state index in [0.717, 1.165) is 12.0 Å². The number of aryl methyl sites for hydroxylation is 1. The molecule has 200 valence electrons. The van der Waals surface area contributed by atoms with Crippen LogP contribution in [0.4, 0.5) is 11.4 Å². The summed E-state index contributed by atoms with van der Waals surface area (Å²) in [7, 11) is -10.2. The molecule has 0 bridgehead atoms. The summed E-state index contributed by atoms with van der Waals surface area (Å²) in [6.45, 7) is 6.67. The summed E-state index contributed by atoms with van der Waals surface area (Å²) in [4.78, 5) is 0.103. The fourth-order valence-corrected chi connectivity index (χ4v) is 8.46. The molecule has 2 aromatic carbocycles. The number of sulfone groups is 1. The van der Waals surface area contributed by atoms with Gasteiger partial charge in [-0.3, -0.25) is 4.31 Å². The lowest BCUT2D eigenvalue weighted by atomic mass is 10.0. The summed E-state index contributed by atoms with van der Waals surface area (Å²) in [6.07, 6.45) is 3.20. The predicted molar refractivity (Wildman–Crippen MR) is 147 cm³/mol. The van der Waals surface area contributed by atoms with Gasteiger partial charge in [0.05, 0.1) is 42.4 Å². The summed E-state index contributed by atoms with van der Waals surface area (Å²) < 4.78 is 73.4. The Morgan fingerprint density at radius 3 is 2.19 bits per heavy atom. The lowest BCUT2D eigenvalue weighted by Crippen LogP contribution is -2.34. The summed E-state index contributed by atoms with van der Waals surface area (Å²) in [5.74, 6) is 0.502. The number of benzene rings is 2. The number of sulfonamides is 1. The molecule has 2 aromatic rings. The van der Waals surface area contributed by atoms with Gasteiger partial charge in [-0.2, -0.15) is 0 Å². The molecule has 0 radical (unpaired) electrons. The SMILES string of the molecule is CCc1ccc(N(CC(C)C)S(=O)(=O)c2ccc(NCC3CCS(=O)(=O)CC3)c(S(C)(=N)=O)c2)cc1. The third-order valence-electron chi connectivity index (χ3n) is 6.38. The Morgan fingerprint density at radius 1 is 1.06 bits per heavy atom. The molecule has 8 nitrogen and oxygen atoms in total. The second-order valence-electron chi connectivity index (χ2n) is 9.93. The second-order valence-corrected chi connectivity index (χ2v) is 16.2. The van der Waals surface area contributed by atoms with Gasteiger partial charge < -0.3 is 5.32 Å². The highest BCUT2D eigenvalue weighted by atomic mass is 32.2. The van der Waals surface area contributed by atoms with Crippen molar-refractivity contribution >= 4 is 41.0 Å². The highest BCUT2D eigenvalue weighted by Crippen LogP contribution is 2.31. The molecule has 1 atom stereocenters. The average Bonchev–Trinajstić information content (AvgIpc) is 2.81. The van der Waals surface area contributed by atoms with Crippen molar-refractivity contribution in [1.82, 2.24) is 0 Å². The van der Waals surface area contributed by atoms with Crippen molar-refractivity contribution in [3.63, 3.8) is 0 Å². The van der Waals surface area contributed by atoms with E-state index in [1.807, 2.05) is 32.9 Å². The molecule has 0 spiro atoms. The quantitative estimate of drug-likeness (QED) is 0.449. The van der Waals surface area contributed by atoms with Gasteiger partial charge in [-0.05, 0) is 67.0 Å². The molecular formula is C25H37N3O5S3. The van der Waals surface area contributed by atoms with Crippen LogP contribution < -0.4 is 9.62 Å². The number of rotatable bonds is 10. The van der Waals surface area contributed by atoms with E-state index in [1.54, 1.807) is 18.2 Å². The van der Waals surface area contributed by atoms with Crippen molar-refractivity contribution in [2.45, 2.75) is 49.8 Å². The van der Waals surface area contributed by atoms with Crippen molar-refractivity contribution in [3.8, 4) is 0 Å². The number of hydrogen-bond acceptors (Lipinski definition) is 7. The first-order chi connectivity index (χ1) is 16.7. The van der Waals surface area contributed by atoms with Crippen molar-refractivity contribution in [2.24, 2.45) is 11.8 Å². The maximum absolute atomic E-state index is 13.8. The number of nitrogens with zero attached hydrogens (tertiary/aromatic N) is 1. The van der Waals surface area contributed by atoms with Crippen molar-refractivity contribution < 1.29 is 21.0 Å². The Bertz CT molecular complexity index is 1370. The first-order valence-corrected chi connectivity index (χ1v) is 17.4. The standard InChI is InChI=1S/C25H37N3O5S3/c1-5-20-6-8-22(9-7-20)28(18-19(2)3)36(32,33)23-10-11-24(25(16-23)34(4,26)29)27-17-21-12-14-35(30,31)15-13-21/h6-11,16,19,21,26-27H,5,12-15,17-18H2,1-4H3. The molecule has 1 aliphatic rings. The van der Waals surface area contributed by atoms with Crippen molar-refractivity contribution in [3.05, 3.63) is 48.0 Å². The minimum atomic E-state index is -3.99. The van der Waals surface area contributed by atoms with Crippen LogP contribution in [-0.4, -0.2) is 51.9 Å². The average molecular weight is 556 g/mol. The molecule has 0 aliphatic carbocycles. The molecular weight excluding hydrogens is 518 g/mol. The van der Waals surface area contributed by atoms with Gasteiger partial charge in [0.15, 0.2) is 0 Å². The molecule has 11 heteroatoms. The summed E-state index contributed by atoms with van der Waals surface area (Å²) >= 11 is 0. The Hall–Kier alpha value is -2.11. The first-order valence-electron chi connectivity index (χ1n) is 12.2. The van der Waals surface area contributed by atoms with E-state index in [2.05, 4.69) is 5.32 Å². The van der Waals surface area contributed by atoms with E-state index in [1.165, 1.54) is 22.7 Å². The lowest BCUT2D eigenvalue weighted by Gasteiger charge is -2.27. The largest absolute Gasteiger partial charge is 0.384 e. The van der Waals surface area contributed by atoms with E-state index < -0.39 is 29.6 Å². The maximum atomic E-state index is 13.8. The van der Waals surface area contributed by atoms with Gasteiger partial charge in [-0.25, -0.2) is 25.8 Å². The molecule has 0 amide bonds. The van der Waals surface area contributed by atoms with Crippen LogP contribution >= 0.6 is 0 Å². The van der Waals surface area contributed by atoms with E-state index >= 15 is 0 Å². The van der Waals surface area contributed by atoms with E-state index in [4.69, 9.17) is 4.78 Å². The highest BCUT2D eigenvalue weighted by molar-refractivity contribution is 7.93. The van der Waals surface area contributed by atoms with Gasteiger partial charge in [0.25, 0.3) is 10.0 Å². The van der Waals surface area contributed by atoms with Gasteiger partial charge in [0, 0.05) is 19.3 Å². The van der Waals surface area contributed by atoms with Gasteiger partial charge >= 0.3 is 0 Å². The van der Waals surface area contributed by atoms with Gasteiger partial charge in [0.1, 0.15) is 9.84 Å². The van der Waals surface area contributed by atoms with E-state index in [9.17, 15) is 21.0 Å². The van der Waals surface area contributed by atoms with Gasteiger partial charge in [-0.15, -0.1) is 0 Å². The Balaban J connectivity index is 1.94. The molecule has 1 fully saturated rings. The Morgan fingerprint density at radius 2 is 1.67 bits per heavy atom. The molecule has 1 heterocycles. The topological polar surface area (TPSA) is 124 Å². The number of hydrogen-bond donors (Lipinski definition) is 2. The monoisotopic (exact) mass is 555 g/mol. The summed E-state index contributed by atoms with van der Waals surface area (Å²) in [5.41, 5.74) is 2.10. The third-order valence-corrected chi connectivity index (χ3v) is 11.1. The fourth-order valence-electron chi connectivity index (χ4n) is 4.23. The number of anilines is 2. The zero-order valence-electron chi connectivity index (χ0n) is 21.4. The highest BCUT2D eigenvalue weighted by Gasteiger charge is 2.28. The van der Waals surface area contributed by atoms with Gasteiger partial charge in [-0.1, -0.05) is 32.9 Å². The third kappa shape index (κ3) is 7.01. The van der Waals surface area contributed by atoms with E-state index in [0.29, 0.717) is 30.8 Å². The molecule has 0 aromatic heterocycles. The van der Waals surface area contributed by atoms with E-state index in [-0.39, 0.29) is 39.7 Å². The van der Waals surface area contributed by atoms with Crippen LogP contribution in [0.15, 0.2) is 52.3 Å². The molecule has 2 N–H and O–H groups in total. The molecule has 1 saturated heterocycles. The summed E-state index contributed by atoms with van der Waals surface area (Å²) in [5, 5.41) is 3.20. The predicted octanol–water partition coefficient (Wildman–Crippen LogP) is 4.37. The van der Waals surface area contributed by atoms with Crippen LogP contribution in [0.1, 0.15) is 39.2 Å². The molecule has 36 heavy (non-hydrogen) atoms. The Labute approximate surface area is 216 Å².